The first kappa shape index (κ1) is 27.4. The molecule has 0 aliphatic rings. The molecule has 0 saturated carbocycles. The maximum atomic E-state index is 13.4. The topological polar surface area (TPSA) is 139 Å². The number of benzene rings is 4. The zero-order chi connectivity index (χ0) is 27.9. The van der Waals surface area contributed by atoms with Gasteiger partial charge < -0.3 is 15.7 Å². The molecular weight excluding hydrogens is 542 g/mol. The number of nitro benzene ring substituents is 1. The first-order valence-corrected chi connectivity index (χ1v) is 12.7. The Hall–Kier alpha value is -4.67. The Morgan fingerprint density at radius 2 is 1.54 bits per heavy atom. The monoisotopic (exact) mass is 561 g/mol. The summed E-state index contributed by atoms with van der Waals surface area (Å²) in [5.74, 6) is -2.02. The highest BCUT2D eigenvalue weighted by molar-refractivity contribution is 8.00. The van der Waals surface area contributed by atoms with Crippen molar-refractivity contribution in [2.45, 2.75) is 10.1 Å². The van der Waals surface area contributed by atoms with E-state index in [0.717, 1.165) is 0 Å². The molecule has 3 N–H and O–H groups in total. The van der Waals surface area contributed by atoms with Gasteiger partial charge in [0.25, 0.3) is 11.6 Å². The molecule has 196 valence electrons. The van der Waals surface area contributed by atoms with Crippen LogP contribution in [0.3, 0.4) is 0 Å². The van der Waals surface area contributed by atoms with Crippen molar-refractivity contribution in [2.24, 2.45) is 0 Å². The number of carboxylic acid groups (broad SMARTS) is 1. The molecule has 4 aromatic rings. The van der Waals surface area contributed by atoms with Crippen LogP contribution < -0.4 is 10.6 Å². The summed E-state index contributed by atoms with van der Waals surface area (Å²) in [6.07, 6.45) is 0. The molecule has 0 fully saturated rings. The average Bonchev–Trinajstić information content (AvgIpc) is 2.93. The third-order valence-corrected chi connectivity index (χ3v) is 7.08. The second-order valence-electron chi connectivity index (χ2n) is 8.18. The van der Waals surface area contributed by atoms with Crippen molar-refractivity contribution in [3.05, 3.63) is 129 Å². The number of thioether (sulfide) groups is 1. The number of hydrogen-bond donors (Lipinski definition) is 3. The number of nitro groups is 1. The van der Waals surface area contributed by atoms with E-state index in [1.165, 1.54) is 54.2 Å². The summed E-state index contributed by atoms with van der Waals surface area (Å²) in [7, 11) is 0. The first-order valence-electron chi connectivity index (χ1n) is 11.4. The number of hydrogen-bond acceptors (Lipinski definition) is 6. The molecule has 9 nitrogen and oxygen atoms in total. The number of aromatic carboxylic acids is 1. The molecule has 0 saturated heterocycles. The van der Waals surface area contributed by atoms with Crippen LogP contribution in [0.4, 0.5) is 17.1 Å². The maximum Gasteiger partial charge on any atom is 0.335 e. The molecule has 4 rings (SSSR count). The molecule has 4 aromatic carbocycles. The van der Waals surface area contributed by atoms with Crippen LogP contribution in [-0.2, 0) is 4.79 Å². The number of amides is 2. The Kier molecular flexibility index (Phi) is 8.60. The van der Waals surface area contributed by atoms with E-state index in [4.69, 9.17) is 11.6 Å². The second kappa shape index (κ2) is 12.2. The molecule has 0 spiro atoms. The fourth-order valence-electron chi connectivity index (χ4n) is 3.57. The minimum absolute atomic E-state index is 0.0184. The van der Waals surface area contributed by atoms with Crippen molar-refractivity contribution < 1.29 is 24.4 Å². The molecule has 39 heavy (non-hydrogen) atoms. The van der Waals surface area contributed by atoms with Crippen molar-refractivity contribution in [2.75, 3.05) is 10.6 Å². The van der Waals surface area contributed by atoms with Gasteiger partial charge in [0.1, 0.15) is 5.25 Å². The average molecular weight is 562 g/mol. The lowest BCUT2D eigenvalue weighted by Gasteiger charge is -2.18. The highest BCUT2D eigenvalue weighted by Gasteiger charge is 2.23. The third kappa shape index (κ3) is 7.01. The summed E-state index contributed by atoms with van der Waals surface area (Å²) in [5.41, 5.74) is 1.45. The van der Waals surface area contributed by atoms with Crippen molar-refractivity contribution >= 4 is 58.2 Å². The van der Waals surface area contributed by atoms with Gasteiger partial charge in [-0.05, 0) is 54.1 Å². The Bertz CT molecular complexity index is 1550. The maximum absolute atomic E-state index is 13.4. The zero-order valence-electron chi connectivity index (χ0n) is 20.0. The quantitative estimate of drug-likeness (QED) is 0.118. The van der Waals surface area contributed by atoms with Gasteiger partial charge in [0.05, 0.1) is 21.2 Å². The molecule has 0 radical (unpaired) electrons. The predicted molar refractivity (Wildman–Crippen MR) is 150 cm³/mol. The van der Waals surface area contributed by atoms with Crippen molar-refractivity contribution in [3.63, 3.8) is 0 Å². The van der Waals surface area contributed by atoms with Crippen molar-refractivity contribution in [1.82, 2.24) is 0 Å². The summed E-state index contributed by atoms with van der Waals surface area (Å²) >= 11 is 7.44. The molecule has 2 amide bonds. The van der Waals surface area contributed by atoms with Gasteiger partial charge in [-0.1, -0.05) is 48.0 Å². The van der Waals surface area contributed by atoms with Gasteiger partial charge in [0, 0.05) is 28.3 Å². The van der Waals surface area contributed by atoms with Crippen LogP contribution in [0.1, 0.15) is 31.5 Å². The number of rotatable bonds is 9. The number of non-ortho nitro benzene ring substituents is 1. The van der Waals surface area contributed by atoms with E-state index < -0.39 is 28.0 Å². The Morgan fingerprint density at radius 3 is 2.21 bits per heavy atom. The number of halogens is 1. The zero-order valence-corrected chi connectivity index (χ0v) is 21.6. The van der Waals surface area contributed by atoms with Gasteiger partial charge in [-0.3, -0.25) is 19.7 Å². The lowest BCUT2D eigenvalue weighted by Crippen LogP contribution is -2.19. The number of nitrogens with zero attached hydrogens (tertiary/aromatic N) is 1. The van der Waals surface area contributed by atoms with Crippen LogP contribution in [0.25, 0.3) is 0 Å². The van der Waals surface area contributed by atoms with Gasteiger partial charge in [-0.25, -0.2) is 4.79 Å². The van der Waals surface area contributed by atoms with Crippen LogP contribution in [0.2, 0.25) is 5.02 Å². The van der Waals surface area contributed by atoms with E-state index in [2.05, 4.69) is 10.6 Å². The summed E-state index contributed by atoms with van der Waals surface area (Å²) in [4.78, 5) is 48.4. The lowest BCUT2D eigenvalue weighted by atomic mass is 10.1. The molecule has 0 aliphatic heterocycles. The van der Waals surface area contributed by atoms with Crippen LogP contribution in [0, 0.1) is 10.1 Å². The molecule has 11 heteroatoms. The first-order chi connectivity index (χ1) is 18.7. The number of carbonyl (C=O) groups excluding carboxylic acids is 2. The van der Waals surface area contributed by atoms with E-state index in [0.29, 0.717) is 16.1 Å². The standard InChI is InChI=1S/C28H20ClN3O6S/c29-23-14-11-19(28(35)36)15-24(23)31-27(34)25(17-5-2-1-3-6-17)39-22-8-4-7-20(16-22)30-26(33)18-9-12-21(13-10-18)32(37)38/h1-16,25H,(H,30,33)(H,31,34)(H,35,36). The second-order valence-corrected chi connectivity index (χ2v) is 9.77. The fourth-order valence-corrected chi connectivity index (χ4v) is 4.82. The summed E-state index contributed by atoms with van der Waals surface area (Å²) in [6.45, 7) is 0. The summed E-state index contributed by atoms with van der Waals surface area (Å²) < 4.78 is 0. The molecule has 0 aliphatic carbocycles. The molecule has 0 bridgehead atoms. The van der Waals surface area contributed by atoms with Gasteiger partial charge >= 0.3 is 5.97 Å². The van der Waals surface area contributed by atoms with E-state index in [-0.39, 0.29) is 27.5 Å². The smallest absolute Gasteiger partial charge is 0.335 e. The largest absolute Gasteiger partial charge is 0.478 e. The minimum atomic E-state index is -1.15. The fraction of sp³-hybridized carbons (Fsp3) is 0.0357. The highest BCUT2D eigenvalue weighted by atomic mass is 35.5. The molecule has 0 aromatic heterocycles. The van der Waals surface area contributed by atoms with Crippen LogP contribution in [0.5, 0.6) is 0 Å². The van der Waals surface area contributed by atoms with E-state index in [1.807, 2.05) is 6.07 Å². The van der Waals surface area contributed by atoms with Crippen LogP contribution >= 0.6 is 23.4 Å². The van der Waals surface area contributed by atoms with Crippen LogP contribution in [0.15, 0.2) is 102 Å². The SMILES string of the molecule is O=C(O)c1ccc(Cl)c(NC(=O)C(Sc2cccc(NC(=O)c3ccc([N+](=O)[O-])cc3)c2)c2ccccc2)c1. The molecule has 0 heterocycles. The van der Waals surface area contributed by atoms with E-state index in [1.54, 1.807) is 48.5 Å². The van der Waals surface area contributed by atoms with Gasteiger partial charge in [-0.2, -0.15) is 0 Å². The Labute approximate surface area is 232 Å². The Morgan fingerprint density at radius 1 is 0.846 bits per heavy atom. The van der Waals surface area contributed by atoms with E-state index in [9.17, 15) is 29.6 Å². The van der Waals surface area contributed by atoms with Crippen molar-refractivity contribution in [1.29, 1.82) is 0 Å². The third-order valence-electron chi connectivity index (χ3n) is 5.50. The number of anilines is 2. The number of nitrogens with one attached hydrogen (secondary N) is 2. The number of carboxylic acids is 1. The summed E-state index contributed by atoms with van der Waals surface area (Å²) in [5, 5.41) is 25.1. The van der Waals surface area contributed by atoms with Gasteiger partial charge in [-0.15, -0.1) is 11.8 Å². The molecular formula is C28H20ClN3O6S. The van der Waals surface area contributed by atoms with Gasteiger partial charge in [0.15, 0.2) is 0 Å². The van der Waals surface area contributed by atoms with Crippen molar-refractivity contribution in [3.8, 4) is 0 Å². The number of carbonyl (C=O) groups is 3. The predicted octanol–water partition coefficient (Wildman–Crippen LogP) is 6.67. The highest BCUT2D eigenvalue weighted by Crippen LogP contribution is 2.38. The Balaban J connectivity index is 1.55. The summed E-state index contributed by atoms with van der Waals surface area (Å²) in [6, 6.07) is 25.2. The normalized spacial score (nSPS) is 11.3. The van der Waals surface area contributed by atoms with Crippen LogP contribution in [-0.4, -0.2) is 27.8 Å². The van der Waals surface area contributed by atoms with E-state index >= 15 is 0 Å². The van der Waals surface area contributed by atoms with Gasteiger partial charge in [0.2, 0.25) is 5.91 Å². The molecule has 1 atom stereocenters. The minimum Gasteiger partial charge on any atom is -0.478 e. The lowest BCUT2D eigenvalue weighted by molar-refractivity contribution is -0.384. The molecule has 1 unspecified atom stereocenters.